The fraction of sp³-hybridized carbons (Fsp3) is 0.217. The number of allylic oxidation sites excluding steroid dienone is 2. The number of phenols is 2. The average Bonchev–Trinajstić information content (AvgIpc) is 2.67. The highest BCUT2D eigenvalue weighted by atomic mass is 16.4. The van der Waals surface area contributed by atoms with Crippen molar-refractivity contribution >= 4 is 11.9 Å². The summed E-state index contributed by atoms with van der Waals surface area (Å²) < 4.78 is 0. The van der Waals surface area contributed by atoms with Gasteiger partial charge in [-0.25, -0.2) is 9.59 Å². The van der Waals surface area contributed by atoms with Crippen LogP contribution in [0.1, 0.15) is 31.9 Å². The Morgan fingerprint density at radius 1 is 0.759 bits per heavy atom. The van der Waals surface area contributed by atoms with Crippen LogP contribution in [0.5, 0.6) is 11.5 Å². The molecule has 2 aromatic rings. The SMILES string of the molecule is CC(=CC(C=C(C)C(=O)O)C(C)(c1ccc(O)cc1)c1ccc(O)cc1)C(=O)O. The van der Waals surface area contributed by atoms with Crippen molar-refractivity contribution in [1.29, 1.82) is 0 Å². The minimum absolute atomic E-state index is 0.0767. The minimum atomic E-state index is -1.10. The predicted molar refractivity (Wildman–Crippen MR) is 109 cm³/mol. The quantitative estimate of drug-likeness (QED) is 0.524. The van der Waals surface area contributed by atoms with E-state index in [1.54, 1.807) is 24.3 Å². The average molecular weight is 396 g/mol. The van der Waals surface area contributed by atoms with E-state index in [1.807, 2.05) is 6.92 Å². The molecule has 6 heteroatoms. The number of hydrogen-bond donors (Lipinski definition) is 4. The van der Waals surface area contributed by atoms with E-state index in [1.165, 1.54) is 50.3 Å². The monoisotopic (exact) mass is 396 g/mol. The molecule has 0 aromatic heterocycles. The molecule has 0 aliphatic rings. The zero-order valence-corrected chi connectivity index (χ0v) is 16.5. The maximum atomic E-state index is 11.5. The summed E-state index contributed by atoms with van der Waals surface area (Å²) in [5.74, 6) is -2.69. The lowest BCUT2D eigenvalue weighted by atomic mass is 9.66. The number of carboxylic acids is 2. The fourth-order valence-electron chi connectivity index (χ4n) is 3.23. The van der Waals surface area contributed by atoms with Crippen molar-refractivity contribution in [2.24, 2.45) is 5.92 Å². The lowest BCUT2D eigenvalue weighted by molar-refractivity contribution is -0.133. The maximum absolute atomic E-state index is 11.5. The van der Waals surface area contributed by atoms with Gasteiger partial charge in [-0.05, 0) is 49.2 Å². The number of aliphatic carboxylic acids is 2. The standard InChI is InChI=1S/C23H24O6/c1-14(21(26)27)12-18(13-15(2)22(28)29)23(3,16-4-8-19(24)9-5-16)17-6-10-20(25)11-7-17/h4-13,18,24-25H,1-3H3,(H,26,27)(H,28,29). The van der Waals surface area contributed by atoms with Crippen LogP contribution in [0.15, 0.2) is 71.8 Å². The topological polar surface area (TPSA) is 115 Å². The molecule has 0 heterocycles. The summed E-state index contributed by atoms with van der Waals surface area (Å²) in [5, 5.41) is 38.1. The second-order valence-electron chi connectivity index (χ2n) is 7.13. The van der Waals surface area contributed by atoms with Gasteiger partial charge in [-0.3, -0.25) is 0 Å². The maximum Gasteiger partial charge on any atom is 0.330 e. The van der Waals surface area contributed by atoms with E-state index >= 15 is 0 Å². The first-order valence-electron chi connectivity index (χ1n) is 8.98. The summed E-state index contributed by atoms with van der Waals surface area (Å²) in [4.78, 5) is 22.9. The van der Waals surface area contributed by atoms with Crippen LogP contribution in [0.25, 0.3) is 0 Å². The van der Waals surface area contributed by atoms with Gasteiger partial charge in [0.15, 0.2) is 0 Å². The van der Waals surface area contributed by atoms with Crippen molar-refractivity contribution < 1.29 is 30.0 Å². The van der Waals surface area contributed by atoms with Gasteiger partial charge >= 0.3 is 11.9 Å². The van der Waals surface area contributed by atoms with E-state index in [0.29, 0.717) is 0 Å². The van der Waals surface area contributed by atoms with Gasteiger partial charge in [-0.2, -0.15) is 0 Å². The van der Waals surface area contributed by atoms with Crippen molar-refractivity contribution in [2.75, 3.05) is 0 Å². The van der Waals surface area contributed by atoms with Crippen LogP contribution in [-0.4, -0.2) is 32.4 Å². The smallest absolute Gasteiger partial charge is 0.330 e. The summed E-state index contributed by atoms with van der Waals surface area (Å²) in [7, 11) is 0. The summed E-state index contributed by atoms with van der Waals surface area (Å²) in [6.45, 7) is 4.77. The Bertz CT molecular complexity index is 876. The lowest BCUT2D eigenvalue weighted by Crippen LogP contribution is -2.32. The van der Waals surface area contributed by atoms with Gasteiger partial charge in [0.25, 0.3) is 0 Å². The lowest BCUT2D eigenvalue weighted by Gasteiger charge is -2.37. The van der Waals surface area contributed by atoms with Gasteiger partial charge in [0.1, 0.15) is 11.5 Å². The largest absolute Gasteiger partial charge is 0.508 e. The molecule has 6 nitrogen and oxygen atoms in total. The number of benzene rings is 2. The summed E-state index contributed by atoms with van der Waals surface area (Å²) >= 11 is 0. The molecule has 0 saturated carbocycles. The van der Waals surface area contributed by atoms with Crippen molar-refractivity contribution in [3.8, 4) is 11.5 Å². The van der Waals surface area contributed by atoms with E-state index in [-0.39, 0.29) is 22.6 Å². The summed E-state index contributed by atoms with van der Waals surface area (Å²) in [6, 6.07) is 12.9. The normalized spacial score (nSPS) is 13.8. The zero-order chi connectivity index (χ0) is 21.8. The predicted octanol–water partition coefficient (Wildman–Crippen LogP) is 4.08. The molecular weight excluding hydrogens is 372 g/mol. The molecule has 2 aromatic carbocycles. The van der Waals surface area contributed by atoms with E-state index in [0.717, 1.165) is 11.1 Å². The molecule has 0 radical (unpaired) electrons. The van der Waals surface area contributed by atoms with Crippen molar-refractivity contribution in [3.63, 3.8) is 0 Å². The highest BCUT2D eigenvalue weighted by Crippen LogP contribution is 2.42. The van der Waals surface area contributed by atoms with Crippen LogP contribution < -0.4 is 0 Å². The molecule has 0 aliphatic heterocycles. The molecule has 2 rings (SSSR count). The van der Waals surface area contributed by atoms with Crippen LogP contribution in [0, 0.1) is 5.92 Å². The Hall–Kier alpha value is -3.54. The highest BCUT2D eigenvalue weighted by molar-refractivity contribution is 5.87. The van der Waals surface area contributed by atoms with Crippen molar-refractivity contribution in [2.45, 2.75) is 26.2 Å². The van der Waals surface area contributed by atoms with E-state index in [4.69, 9.17) is 0 Å². The van der Waals surface area contributed by atoms with Gasteiger partial charge in [0.2, 0.25) is 0 Å². The number of hydrogen-bond acceptors (Lipinski definition) is 4. The molecule has 0 saturated heterocycles. The van der Waals surface area contributed by atoms with Crippen LogP contribution >= 0.6 is 0 Å². The van der Waals surface area contributed by atoms with Crippen molar-refractivity contribution in [3.05, 3.63) is 83.0 Å². The molecule has 152 valence electrons. The molecule has 4 N–H and O–H groups in total. The molecule has 0 unspecified atom stereocenters. The van der Waals surface area contributed by atoms with Gasteiger partial charge in [0, 0.05) is 22.5 Å². The number of rotatable bonds is 7. The first-order valence-corrected chi connectivity index (χ1v) is 8.98. The first kappa shape index (κ1) is 21.8. The number of carbonyl (C=O) groups is 2. The summed E-state index contributed by atoms with van der Waals surface area (Å²) in [5.41, 5.74) is 0.764. The minimum Gasteiger partial charge on any atom is -0.508 e. The van der Waals surface area contributed by atoms with Gasteiger partial charge in [0.05, 0.1) is 0 Å². The molecule has 0 fully saturated rings. The molecular formula is C23H24O6. The molecule has 29 heavy (non-hydrogen) atoms. The van der Waals surface area contributed by atoms with Crippen LogP contribution in [0.2, 0.25) is 0 Å². The van der Waals surface area contributed by atoms with Crippen LogP contribution in [-0.2, 0) is 15.0 Å². The third-order valence-corrected chi connectivity index (χ3v) is 5.13. The van der Waals surface area contributed by atoms with Crippen molar-refractivity contribution in [1.82, 2.24) is 0 Å². The molecule has 0 atom stereocenters. The highest BCUT2D eigenvalue weighted by Gasteiger charge is 2.36. The van der Waals surface area contributed by atoms with Gasteiger partial charge < -0.3 is 20.4 Å². The van der Waals surface area contributed by atoms with Crippen LogP contribution in [0.4, 0.5) is 0 Å². The van der Waals surface area contributed by atoms with Gasteiger partial charge in [-0.15, -0.1) is 0 Å². The number of aromatic hydroxyl groups is 2. The van der Waals surface area contributed by atoms with E-state index < -0.39 is 23.3 Å². The van der Waals surface area contributed by atoms with E-state index in [2.05, 4.69) is 0 Å². The first-order chi connectivity index (χ1) is 13.6. The Morgan fingerprint density at radius 2 is 1.07 bits per heavy atom. The molecule has 0 bridgehead atoms. The van der Waals surface area contributed by atoms with E-state index in [9.17, 15) is 30.0 Å². The molecule has 0 aliphatic carbocycles. The molecule has 0 spiro atoms. The number of phenolic OH excluding ortho intramolecular Hbond substituents is 2. The third kappa shape index (κ3) is 4.85. The van der Waals surface area contributed by atoms with Gasteiger partial charge in [-0.1, -0.05) is 43.3 Å². The number of carboxylic acid groups (broad SMARTS) is 2. The Labute approximate surface area is 169 Å². The second kappa shape index (κ2) is 8.65. The molecule has 0 amide bonds. The Kier molecular flexibility index (Phi) is 6.49. The zero-order valence-electron chi connectivity index (χ0n) is 16.5. The fourth-order valence-corrected chi connectivity index (χ4v) is 3.23. The summed E-state index contributed by atoms with van der Waals surface area (Å²) in [6.07, 6.45) is 3.04. The third-order valence-electron chi connectivity index (χ3n) is 5.13. The Morgan fingerprint density at radius 3 is 1.34 bits per heavy atom. The Balaban J connectivity index is 2.82. The second-order valence-corrected chi connectivity index (χ2v) is 7.13. The van der Waals surface area contributed by atoms with Crippen LogP contribution in [0.3, 0.4) is 0 Å².